The molecular formula is C18H28ClN3O2. The number of nitrogens with one attached hydrogen (secondary N) is 3. The van der Waals surface area contributed by atoms with Gasteiger partial charge in [0.25, 0.3) is 5.91 Å². The summed E-state index contributed by atoms with van der Waals surface area (Å²) in [6, 6.07) is 7.13. The Morgan fingerprint density at radius 1 is 1.25 bits per heavy atom. The summed E-state index contributed by atoms with van der Waals surface area (Å²) in [5.74, 6) is 0.376. The molecule has 1 saturated heterocycles. The number of anilines is 1. The molecule has 1 aliphatic heterocycles. The van der Waals surface area contributed by atoms with E-state index >= 15 is 0 Å². The predicted octanol–water partition coefficient (Wildman–Crippen LogP) is 2.96. The first-order valence-corrected chi connectivity index (χ1v) is 8.27. The summed E-state index contributed by atoms with van der Waals surface area (Å²) in [4.78, 5) is 24.5. The van der Waals surface area contributed by atoms with Crippen LogP contribution in [0, 0.1) is 5.92 Å². The smallest absolute Gasteiger partial charge is 0.253 e. The Labute approximate surface area is 150 Å². The Hall–Kier alpha value is -1.59. The Kier molecular flexibility index (Phi) is 7.70. The zero-order valence-electron chi connectivity index (χ0n) is 14.6. The minimum atomic E-state index is -0.316. The third kappa shape index (κ3) is 6.49. The molecule has 0 radical (unpaired) electrons. The highest BCUT2D eigenvalue weighted by molar-refractivity contribution is 6.03. The maximum absolute atomic E-state index is 12.4. The molecule has 24 heavy (non-hydrogen) atoms. The number of carbonyl (C=O) groups is 2. The Morgan fingerprint density at radius 3 is 2.58 bits per heavy atom. The lowest BCUT2D eigenvalue weighted by Gasteiger charge is -2.21. The molecule has 1 aliphatic rings. The summed E-state index contributed by atoms with van der Waals surface area (Å²) in [7, 11) is 0. The second-order valence-corrected chi connectivity index (χ2v) is 7.20. The van der Waals surface area contributed by atoms with Gasteiger partial charge < -0.3 is 16.0 Å². The van der Waals surface area contributed by atoms with Crippen LogP contribution in [0.25, 0.3) is 0 Å². The van der Waals surface area contributed by atoms with Crippen molar-refractivity contribution in [3.8, 4) is 0 Å². The highest BCUT2D eigenvalue weighted by atomic mass is 35.5. The number of hydrogen-bond acceptors (Lipinski definition) is 3. The summed E-state index contributed by atoms with van der Waals surface area (Å²) >= 11 is 0. The van der Waals surface area contributed by atoms with E-state index in [1.165, 1.54) is 0 Å². The molecule has 0 saturated carbocycles. The van der Waals surface area contributed by atoms with Gasteiger partial charge in [0.1, 0.15) is 0 Å². The van der Waals surface area contributed by atoms with Crippen LogP contribution < -0.4 is 16.0 Å². The lowest BCUT2D eigenvalue weighted by molar-refractivity contribution is -0.116. The van der Waals surface area contributed by atoms with Gasteiger partial charge in [-0.05, 0) is 64.8 Å². The fourth-order valence-corrected chi connectivity index (χ4v) is 2.71. The number of carbonyl (C=O) groups excluding carboxylic acids is 2. The van der Waals surface area contributed by atoms with E-state index in [0.717, 1.165) is 25.9 Å². The molecule has 1 aromatic carbocycles. The molecule has 0 aromatic heterocycles. The van der Waals surface area contributed by atoms with Crippen molar-refractivity contribution in [2.45, 2.75) is 45.6 Å². The van der Waals surface area contributed by atoms with Crippen LogP contribution in [0.5, 0.6) is 0 Å². The van der Waals surface area contributed by atoms with Gasteiger partial charge in [-0.3, -0.25) is 9.59 Å². The highest BCUT2D eigenvalue weighted by Crippen LogP contribution is 2.18. The molecule has 5 nitrogen and oxygen atoms in total. The van der Waals surface area contributed by atoms with E-state index in [9.17, 15) is 9.59 Å². The molecule has 134 valence electrons. The van der Waals surface area contributed by atoms with Gasteiger partial charge in [-0.1, -0.05) is 12.1 Å². The number of para-hydroxylation sites is 1. The number of amides is 2. The summed E-state index contributed by atoms with van der Waals surface area (Å²) < 4.78 is 0. The summed E-state index contributed by atoms with van der Waals surface area (Å²) in [5, 5.41) is 9.12. The van der Waals surface area contributed by atoms with Crippen molar-refractivity contribution in [2.75, 3.05) is 18.4 Å². The topological polar surface area (TPSA) is 70.2 Å². The third-order valence-corrected chi connectivity index (χ3v) is 3.88. The summed E-state index contributed by atoms with van der Waals surface area (Å²) in [5.41, 5.74) is 0.756. The first-order valence-electron chi connectivity index (χ1n) is 8.27. The van der Waals surface area contributed by atoms with Gasteiger partial charge in [-0.25, -0.2) is 0 Å². The molecular weight excluding hydrogens is 326 g/mol. The molecule has 0 bridgehead atoms. The molecule has 1 aromatic rings. The molecule has 2 amide bonds. The molecule has 1 fully saturated rings. The lowest BCUT2D eigenvalue weighted by Crippen LogP contribution is -2.40. The Balaban J connectivity index is 0.00000288. The lowest BCUT2D eigenvalue weighted by atomic mass is 10.0. The average molecular weight is 354 g/mol. The molecule has 1 heterocycles. The molecule has 3 N–H and O–H groups in total. The third-order valence-electron chi connectivity index (χ3n) is 3.88. The Morgan fingerprint density at radius 2 is 1.96 bits per heavy atom. The van der Waals surface area contributed by atoms with Gasteiger partial charge in [-0.2, -0.15) is 0 Å². The molecule has 0 aliphatic carbocycles. The fraction of sp³-hybridized carbons (Fsp3) is 0.556. The molecule has 1 unspecified atom stereocenters. The van der Waals surface area contributed by atoms with E-state index in [0.29, 0.717) is 23.6 Å². The molecule has 1 atom stereocenters. The predicted molar refractivity (Wildman–Crippen MR) is 99.7 cm³/mol. The van der Waals surface area contributed by atoms with Crippen molar-refractivity contribution < 1.29 is 9.59 Å². The van der Waals surface area contributed by atoms with Crippen molar-refractivity contribution in [1.82, 2.24) is 10.6 Å². The maximum atomic E-state index is 12.4. The van der Waals surface area contributed by atoms with E-state index in [2.05, 4.69) is 16.0 Å². The normalized spacial score (nSPS) is 17.0. The van der Waals surface area contributed by atoms with Crippen molar-refractivity contribution in [3.05, 3.63) is 29.8 Å². The van der Waals surface area contributed by atoms with Crippen LogP contribution in [0.4, 0.5) is 5.69 Å². The zero-order valence-corrected chi connectivity index (χ0v) is 15.5. The van der Waals surface area contributed by atoms with E-state index in [1.54, 1.807) is 18.2 Å². The van der Waals surface area contributed by atoms with E-state index in [4.69, 9.17) is 0 Å². The quantitative estimate of drug-likeness (QED) is 0.762. The standard InChI is InChI=1S/C18H27N3O2.ClH/c1-18(2,3)21-17(23)14-6-4-5-7-15(14)20-16(22)9-8-13-10-11-19-12-13;/h4-7,13,19H,8-12H2,1-3H3,(H,20,22)(H,21,23);1H. The second-order valence-electron chi connectivity index (χ2n) is 7.20. The van der Waals surface area contributed by atoms with E-state index in [1.807, 2.05) is 26.8 Å². The molecule has 6 heteroatoms. The first kappa shape index (κ1) is 20.5. The minimum Gasteiger partial charge on any atom is -0.347 e. The average Bonchev–Trinajstić information content (AvgIpc) is 2.97. The van der Waals surface area contributed by atoms with Crippen LogP contribution in [-0.4, -0.2) is 30.4 Å². The van der Waals surface area contributed by atoms with Crippen LogP contribution in [0.3, 0.4) is 0 Å². The van der Waals surface area contributed by atoms with Gasteiger partial charge >= 0.3 is 0 Å². The first-order chi connectivity index (χ1) is 10.8. The number of benzene rings is 1. The maximum Gasteiger partial charge on any atom is 0.253 e. The minimum absolute atomic E-state index is 0. The summed E-state index contributed by atoms with van der Waals surface area (Å²) in [6.07, 6.45) is 2.51. The SMILES string of the molecule is CC(C)(C)NC(=O)c1ccccc1NC(=O)CCC1CCNC1.Cl. The Bertz CT molecular complexity index is 564. The number of hydrogen-bond donors (Lipinski definition) is 3. The number of rotatable bonds is 5. The number of halogens is 1. The van der Waals surface area contributed by atoms with Crippen molar-refractivity contribution in [3.63, 3.8) is 0 Å². The van der Waals surface area contributed by atoms with Gasteiger partial charge in [0, 0.05) is 12.0 Å². The van der Waals surface area contributed by atoms with Crippen LogP contribution >= 0.6 is 12.4 Å². The van der Waals surface area contributed by atoms with E-state index < -0.39 is 0 Å². The van der Waals surface area contributed by atoms with Crippen molar-refractivity contribution in [1.29, 1.82) is 0 Å². The zero-order chi connectivity index (χ0) is 16.9. The summed E-state index contributed by atoms with van der Waals surface area (Å²) in [6.45, 7) is 7.84. The highest BCUT2D eigenvalue weighted by Gasteiger charge is 2.19. The monoisotopic (exact) mass is 353 g/mol. The van der Waals surface area contributed by atoms with Gasteiger partial charge in [-0.15, -0.1) is 12.4 Å². The van der Waals surface area contributed by atoms with Crippen molar-refractivity contribution in [2.24, 2.45) is 5.92 Å². The van der Waals surface area contributed by atoms with E-state index in [-0.39, 0.29) is 29.8 Å². The van der Waals surface area contributed by atoms with Gasteiger partial charge in [0.15, 0.2) is 0 Å². The van der Waals surface area contributed by atoms with Gasteiger partial charge in [0.05, 0.1) is 11.3 Å². The largest absolute Gasteiger partial charge is 0.347 e. The van der Waals surface area contributed by atoms with Crippen LogP contribution in [0.15, 0.2) is 24.3 Å². The molecule has 2 rings (SSSR count). The molecule has 0 spiro atoms. The van der Waals surface area contributed by atoms with Crippen LogP contribution in [-0.2, 0) is 4.79 Å². The van der Waals surface area contributed by atoms with Gasteiger partial charge in [0.2, 0.25) is 5.91 Å². The fourth-order valence-electron chi connectivity index (χ4n) is 2.71. The van der Waals surface area contributed by atoms with Crippen molar-refractivity contribution >= 4 is 29.9 Å². The second kappa shape index (κ2) is 9.04. The van der Waals surface area contributed by atoms with Crippen LogP contribution in [0.2, 0.25) is 0 Å². The van der Waals surface area contributed by atoms with Crippen LogP contribution in [0.1, 0.15) is 50.4 Å².